The Hall–Kier alpha value is -4.06. The Morgan fingerprint density at radius 2 is 1.86 bits per heavy atom. The third-order valence-corrected chi connectivity index (χ3v) is 3.97. The number of nitro groups is 1. The summed E-state index contributed by atoms with van der Waals surface area (Å²) in [6.07, 6.45) is 1.80. The molecule has 0 aromatic heterocycles. The highest BCUT2D eigenvalue weighted by molar-refractivity contribution is 5.97. The van der Waals surface area contributed by atoms with E-state index >= 15 is 0 Å². The van der Waals surface area contributed by atoms with Crippen LogP contribution in [0.3, 0.4) is 0 Å². The molecular formula is C20H20N4O5. The molecule has 9 heteroatoms. The molecule has 0 saturated carbocycles. The van der Waals surface area contributed by atoms with Crippen molar-refractivity contribution in [1.29, 1.82) is 5.26 Å². The molecule has 0 aliphatic carbocycles. The number of anilines is 1. The molecule has 0 radical (unpaired) electrons. The topological polar surface area (TPSA) is 127 Å². The third-order valence-electron chi connectivity index (χ3n) is 3.97. The van der Waals surface area contributed by atoms with Gasteiger partial charge in [-0.25, -0.2) is 0 Å². The molecular weight excluding hydrogens is 376 g/mol. The molecule has 150 valence electrons. The van der Waals surface area contributed by atoms with Crippen molar-refractivity contribution < 1.29 is 19.2 Å². The van der Waals surface area contributed by atoms with Crippen LogP contribution in [0.15, 0.2) is 54.2 Å². The second-order valence-corrected chi connectivity index (χ2v) is 5.81. The van der Waals surface area contributed by atoms with Gasteiger partial charge in [-0.3, -0.25) is 14.9 Å². The van der Waals surface area contributed by atoms with E-state index < -0.39 is 10.8 Å². The Morgan fingerprint density at radius 1 is 1.17 bits per heavy atom. The molecule has 0 spiro atoms. The number of carbonyl (C=O) groups is 1. The SMILES string of the molecule is COc1ccc(CCNC(=O)/C(C#N)=C\Nc2ccc([N+](=O)[O-])cc2)cc1OC. The number of carbonyl (C=O) groups excluding carboxylic acids is 1. The highest BCUT2D eigenvalue weighted by Gasteiger charge is 2.10. The lowest BCUT2D eigenvalue weighted by atomic mass is 10.1. The summed E-state index contributed by atoms with van der Waals surface area (Å²) in [4.78, 5) is 22.3. The summed E-state index contributed by atoms with van der Waals surface area (Å²) in [7, 11) is 3.10. The molecule has 0 atom stereocenters. The highest BCUT2D eigenvalue weighted by Crippen LogP contribution is 2.27. The first-order valence-electron chi connectivity index (χ1n) is 8.59. The first-order chi connectivity index (χ1) is 14.0. The number of non-ortho nitro benzene ring substituents is 1. The Kier molecular flexibility index (Phi) is 7.56. The van der Waals surface area contributed by atoms with Crippen molar-refractivity contribution in [3.05, 3.63) is 69.9 Å². The second-order valence-electron chi connectivity index (χ2n) is 5.81. The number of nitrogens with one attached hydrogen (secondary N) is 2. The van der Waals surface area contributed by atoms with Crippen LogP contribution in [0, 0.1) is 21.4 Å². The number of ether oxygens (including phenoxy) is 2. The summed E-state index contributed by atoms with van der Waals surface area (Å²) in [5.41, 5.74) is 1.29. The van der Waals surface area contributed by atoms with E-state index in [1.54, 1.807) is 20.3 Å². The molecule has 2 rings (SSSR count). The maximum atomic E-state index is 12.2. The molecule has 0 fully saturated rings. The predicted octanol–water partition coefficient (Wildman–Crippen LogP) is 2.79. The number of methoxy groups -OCH3 is 2. The Bertz CT molecular complexity index is 948. The highest BCUT2D eigenvalue weighted by atomic mass is 16.6. The van der Waals surface area contributed by atoms with Gasteiger partial charge < -0.3 is 20.1 Å². The van der Waals surface area contributed by atoms with E-state index in [0.29, 0.717) is 30.2 Å². The van der Waals surface area contributed by atoms with Crippen LogP contribution in [0.2, 0.25) is 0 Å². The van der Waals surface area contributed by atoms with Crippen LogP contribution in [0.4, 0.5) is 11.4 Å². The summed E-state index contributed by atoms with van der Waals surface area (Å²) >= 11 is 0. The molecule has 2 aromatic carbocycles. The van der Waals surface area contributed by atoms with Gasteiger partial charge in [-0.1, -0.05) is 6.07 Å². The summed E-state index contributed by atoms with van der Waals surface area (Å²) in [6, 6.07) is 12.9. The van der Waals surface area contributed by atoms with Gasteiger partial charge in [0.15, 0.2) is 11.5 Å². The number of hydrogen-bond donors (Lipinski definition) is 2. The van der Waals surface area contributed by atoms with E-state index in [-0.39, 0.29) is 11.3 Å². The number of hydrogen-bond acceptors (Lipinski definition) is 7. The maximum absolute atomic E-state index is 12.2. The minimum atomic E-state index is -0.526. The van der Waals surface area contributed by atoms with Crippen LogP contribution in [-0.4, -0.2) is 31.6 Å². The van der Waals surface area contributed by atoms with Crippen LogP contribution in [0.25, 0.3) is 0 Å². The number of amides is 1. The fourth-order valence-corrected chi connectivity index (χ4v) is 2.44. The van der Waals surface area contributed by atoms with Crippen molar-refractivity contribution in [3.63, 3.8) is 0 Å². The van der Waals surface area contributed by atoms with Gasteiger partial charge in [0.25, 0.3) is 11.6 Å². The van der Waals surface area contributed by atoms with Gasteiger partial charge in [0.05, 0.1) is 19.1 Å². The largest absolute Gasteiger partial charge is 0.493 e. The number of benzene rings is 2. The van der Waals surface area contributed by atoms with E-state index in [1.807, 2.05) is 18.2 Å². The third kappa shape index (κ3) is 5.97. The predicted molar refractivity (Wildman–Crippen MR) is 107 cm³/mol. The van der Waals surface area contributed by atoms with Crippen molar-refractivity contribution in [2.75, 3.05) is 26.1 Å². The number of nitro benzene ring substituents is 1. The molecule has 0 aliphatic rings. The monoisotopic (exact) mass is 396 g/mol. The first-order valence-corrected chi connectivity index (χ1v) is 8.59. The molecule has 0 unspecified atom stereocenters. The van der Waals surface area contributed by atoms with Crippen molar-refractivity contribution in [2.45, 2.75) is 6.42 Å². The normalized spacial score (nSPS) is 10.6. The fourth-order valence-electron chi connectivity index (χ4n) is 2.44. The van der Waals surface area contributed by atoms with E-state index in [2.05, 4.69) is 10.6 Å². The maximum Gasteiger partial charge on any atom is 0.269 e. The Labute approximate surface area is 167 Å². The van der Waals surface area contributed by atoms with Gasteiger partial charge in [-0.15, -0.1) is 0 Å². The van der Waals surface area contributed by atoms with E-state index in [9.17, 15) is 20.2 Å². The van der Waals surface area contributed by atoms with E-state index in [4.69, 9.17) is 9.47 Å². The molecule has 0 aliphatic heterocycles. The van der Waals surface area contributed by atoms with Crippen molar-refractivity contribution in [1.82, 2.24) is 5.32 Å². The molecule has 0 bridgehead atoms. The molecule has 0 saturated heterocycles. The van der Waals surface area contributed by atoms with Crippen LogP contribution < -0.4 is 20.1 Å². The quantitative estimate of drug-likeness (QED) is 0.289. The smallest absolute Gasteiger partial charge is 0.269 e. The van der Waals surface area contributed by atoms with Crippen LogP contribution >= 0.6 is 0 Å². The van der Waals surface area contributed by atoms with Crippen LogP contribution in [-0.2, 0) is 11.2 Å². The zero-order valence-electron chi connectivity index (χ0n) is 16.0. The molecule has 0 heterocycles. The lowest BCUT2D eigenvalue weighted by Crippen LogP contribution is -2.27. The Balaban J connectivity index is 1.91. The number of nitriles is 1. The lowest BCUT2D eigenvalue weighted by molar-refractivity contribution is -0.384. The van der Waals surface area contributed by atoms with Crippen molar-refractivity contribution in [2.24, 2.45) is 0 Å². The minimum absolute atomic E-state index is 0.0482. The fraction of sp³-hybridized carbons (Fsp3) is 0.200. The molecule has 1 amide bonds. The zero-order chi connectivity index (χ0) is 21.2. The van der Waals surface area contributed by atoms with Gasteiger partial charge in [-0.2, -0.15) is 5.26 Å². The van der Waals surface area contributed by atoms with Gasteiger partial charge in [0.2, 0.25) is 0 Å². The molecule has 9 nitrogen and oxygen atoms in total. The van der Waals surface area contributed by atoms with Gasteiger partial charge in [0.1, 0.15) is 11.6 Å². The second kappa shape index (κ2) is 10.3. The van der Waals surface area contributed by atoms with E-state index in [1.165, 1.54) is 30.5 Å². The van der Waals surface area contributed by atoms with E-state index in [0.717, 1.165) is 5.56 Å². The van der Waals surface area contributed by atoms with Crippen LogP contribution in [0.1, 0.15) is 5.56 Å². The number of nitrogens with zero attached hydrogens (tertiary/aromatic N) is 2. The average molecular weight is 396 g/mol. The molecule has 2 aromatic rings. The van der Waals surface area contributed by atoms with Crippen molar-refractivity contribution >= 4 is 17.3 Å². The summed E-state index contributed by atoms with van der Waals surface area (Å²) in [6.45, 7) is 0.324. The zero-order valence-corrected chi connectivity index (χ0v) is 16.0. The lowest BCUT2D eigenvalue weighted by Gasteiger charge is -2.10. The number of rotatable bonds is 9. The minimum Gasteiger partial charge on any atom is -0.493 e. The summed E-state index contributed by atoms with van der Waals surface area (Å²) < 4.78 is 10.4. The van der Waals surface area contributed by atoms with Gasteiger partial charge in [-0.05, 0) is 36.2 Å². The van der Waals surface area contributed by atoms with Gasteiger partial charge in [0, 0.05) is 30.6 Å². The summed E-state index contributed by atoms with van der Waals surface area (Å²) in [5, 5.41) is 25.3. The first kappa shape index (κ1) is 21.2. The Morgan fingerprint density at radius 3 is 2.45 bits per heavy atom. The van der Waals surface area contributed by atoms with Crippen molar-refractivity contribution in [3.8, 4) is 17.6 Å². The molecule has 2 N–H and O–H groups in total. The van der Waals surface area contributed by atoms with Gasteiger partial charge >= 0.3 is 0 Å². The standard InChI is InChI=1S/C20H20N4O5/c1-28-18-8-3-14(11-19(18)29-2)9-10-22-20(25)15(12-21)13-23-16-4-6-17(7-5-16)24(26)27/h3-8,11,13,23H,9-10H2,1-2H3,(H,22,25)/b15-13-. The summed E-state index contributed by atoms with van der Waals surface area (Å²) in [5.74, 6) is 0.691. The average Bonchev–Trinajstić information content (AvgIpc) is 2.74. The molecule has 29 heavy (non-hydrogen) atoms. The van der Waals surface area contributed by atoms with Crippen LogP contribution in [0.5, 0.6) is 11.5 Å².